The third-order valence-electron chi connectivity index (χ3n) is 7.91. The number of imide groups is 1. The summed E-state index contributed by atoms with van der Waals surface area (Å²) < 4.78 is 14.9. The van der Waals surface area contributed by atoms with Crippen LogP contribution in [0.25, 0.3) is 11.2 Å². The van der Waals surface area contributed by atoms with E-state index in [4.69, 9.17) is 9.16 Å². The maximum absolute atomic E-state index is 13.8. The maximum Gasteiger partial charge on any atom is 0.266 e. The number of aromatic nitrogens is 4. The molecule has 0 N–H and O–H groups in total. The van der Waals surface area contributed by atoms with Gasteiger partial charge in [0.1, 0.15) is 18.7 Å². The Balaban J connectivity index is 1.53. The molecule has 0 radical (unpaired) electrons. The highest BCUT2D eigenvalue weighted by atomic mass is 28.4. The van der Waals surface area contributed by atoms with Gasteiger partial charge in [-0.15, -0.1) is 6.58 Å². The van der Waals surface area contributed by atoms with E-state index in [9.17, 15) is 9.59 Å². The Bertz CT molecular complexity index is 1510. The van der Waals surface area contributed by atoms with Crippen molar-refractivity contribution in [1.82, 2.24) is 19.5 Å². The predicted molar refractivity (Wildman–Crippen MR) is 160 cm³/mol. The molecule has 0 bridgehead atoms. The molecule has 0 spiro atoms. The SMILES string of the molecule is C=C[C@H]1O[C@@H](n2cnc3c(N(C(=O)c4ccccc4)C(=O)c4ccccc4)ncnc32)C[C@@H]1O[Si](C)(C)C(C)(C)C. The molecule has 0 unspecified atom stereocenters. The Labute approximate surface area is 241 Å². The zero-order valence-corrected chi connectivity index (χ0v) is 25.0. The van der Waals surface area contributed by atoms with Crippen molar-refractivity contribution in [3.8, 4) is 0 Å². The van der Waals surface area contributed by atoms with E-state index >= 15 is 0 Å². The summed E-state index contributed by atoms with van der Waals surface area (Å²) in [6, 6.07) is 17.3. The summed E-state index contributed by atoms with van der Waals surface area (Å²) in [5.74, 6) is -0.926. The van der Waals surface area contributed by atoms with Crippen LogP contribution < -0.4 is 4.90 Å². The number of fused-ring (bicyclic) bond motifs is 1. The van der Waals surface area contributed by atoms with E-state index in [0.29, 0.717) is 28.7 Å². The van der Waals surface area contributed by atoms with Crippen LogP contribution >= 0.6 is 0 Å². The van der Waals surface area contributed by atoms with Crippen molar-refractivity contribution >= 4 is 37.1 Å². The Morgan fingerprint density at radius 1 is 1.00 bits per heavy atom. The number of imidazole rings is 1. The number of ether oxygens (including phenoxy) is 1. The number of hydrogen-bond donors (Lipinski definition) is 0. The van der Waals surface area contributed by atoms with Crippen LogP contribution in [0.2, 0.25) is 18.1 Å². The lowest BCUT2D eigenvalue weighted by molar-refractivity contribution is 0.0109. The standard InChI is InChI=1S/C31H35N5O4Si/c1-7-23-24(40-41(5,6)31(2,3)4)18-25(39-23)35-20-34-26-27(35)32-19-33-28(26)36(29(37)21-14-10-8-11-15-21)30(38)22-16-12-9-13-17-22/h7-17,19-20,23-25H,1,18H2,2-6H3/t23-,24+,25-/m1/s1. The van der Waals surface area contributed by atoms with Gasteiger partial charge in [0.2, 0.25) is 0 Å². The number of hydrogen-bond acceptors (Lipinski definition) is 7. The van der Waals surface area contributed by atoms with E-state index in [1.165, 1.54) is 6.33 Å². The highest BCUT2D eigenvalue weighted by molar-refractivity contribution is 6.74. The first-order valence-corrected chi connectivity index (χ1v) is 16.5. The molecule has 5 rings (SSSR count). The molecular formula is C31H35N5O4Si. The smallest absolute Gasteiger partial charge is 0.266 e. The molecule has 2 aromatic heterocycles. The van der Waals surface area contributed by atoms with Crippen molar-refractivity contribution in [3.05, 3.63) is 97.1 Å². The van der Waals surface area contributed by atoms with Gasteiger partial charge in [0.05, 0.1) is 12.4 Å². The second-order valence-electron chi connectivity index (χ2n) is 11.6. The van der Waals surface area contributed by atoms with Crippen molar-refractivity contribution in [2.45, 2.75) is 63.8 Å². The summed E-state index contributed by atoms with van der Waals surface area (Å²) in [7, 11) is -2.07. The average Bonchev–Trinajstić information content (AvgIpc) is 3.57. The van der Waals surface area contributed by atoms with E-state index in [0.717, 1.165) is 4.90 Å². The summed E-state index contributed by atoms with van der Waals surface area (Å²) >= 11 is 0. The molecule has 0 saturated carbocycles. The second kappa shape index (κ2) is 11.1. The molecule has 1 aliphatic rings. The lowest BCUT2D eigenvalue weighted by Crippen LogP contribution is -2.45. The molecule has 1 saturated heterocycles. The fourth-order valence-corrected chi connectivity index (χ4v) is 5.97. The minimum atomic E-state index is -2.07. The van der Waals surface area contributed by atoms with E-state index < -0.39 is 26.4 Å². The van der Waals surface area contributed by atoms with E-state index in [1.54, 1.807) is 60.9 Å². The van der Waals surface area contributed by atoms with Crippen LogP contribution in [-0.4, -0.2) is 51.9 Å². The summed E-state index contributed by atoms with van der Waals surface area (Å²) in [6.07, 6.45) is 4.39. The van der Waals surface area contributed by atoms with Crippen LogP contribution in [0.4, 0.5) is 5.82 Å². The molecule has 212 valence electrons. The lowest BCUT2D eigenvalue weighted by Gasteiger charge is -2.39. The fraction of sp³-hybridized carbons (Fsp3) is 0.323. The van der Waals surface area contributed by atoms with Crippen molar-refractivity contribution in [2.75, 3.05) is 4.90 Å². The van der Waals surface area contributed by atoms with Gasteiger partial charge < -0.3 is 9.16 Å². The van der Waals surface area contributed by atoms with Gasteiger partial charge in [-0.1, -0.05) is 63.2 Å². The van der Waals surface area contributed by atoms with Crippen molar-refractivity contribution in [2.24, 2.45) is 0 Å². The number of benzene rings is 2. The van der Waals surface area contributed by atoms with E-state index in [-0.39, 0.29) is 23.1 Å². The summed E-state index contributed by atoms with van der Waals surface area (Å²) in [5.41, 5.74) is 1.46. The highest BCUT2D eigenvalue weighted by Crippen LogP contribution is 2.42. The molecule has 3 atom stereocenters. The molecular weight excluding hydrogens is 534 g/mol. The van der Waals surface area contributed by atoms with Gasteiger partial charge in [0, 0.05) is 17.5 Å². The number of carbonyl (C=O) groups is 2. The minimum Gasteiger partial charge on any atom is -0.411 e. The first-order valence-electron chi connectivity index (χ1n) is 13.6. The lowest BCUT2D eigenvalue weighted by atomic mass is 10.1. The molecule has 9 nitrogen and oxygen atoms in total. The van der Waals surface area contributed by atoms with Crippen LogP contribution in [0.1, 0.15) is 54.1 Å². The van der Waals surface area contributed by atoms with Crippen LogP contribution in [-0.2, 0) is 9.16 Å². The normalized spacial score (nSPS) is 19.3. The molecule has 41 heavy (non-hydrogen) atoms. The van der Waals surface area contributed by atoms with E-state index in [1.807, 2.05) is 16.7 Å². The minimum absolute atomic E-state index is 0.0423. The van der Waals surface area contributed by atoms with E-state index in [2.05, 4.69) is 55.4 Å². The van der Waals surface area contributed by atoms with Gasteiger partial charge in [-0.3, -0.25) is 14.2 Å². The topological polar surface area (TPSA) is 99.4 Å². The zero-order valence-electron chi connectivity index (χ0n) is 24.0. The first kappa shape index (κ1) is 28.5. The molecule has 1 fully saturated rings. The Kier molecular flexibility index (Phi) is 7.74. The highest BCUT2D eigenvalue weighted by Gasteiger charge is 2.44. The van der Waals surface area contributed by atoms with Gasteiger partial charge in [0.25, 0.3) is 11.8 Å². The maximum atomic E-state index is 13.8. The Morgan fingerprint density at radius 3 is 2.12 bits per heavy atom. The van der Waals surface area contributed by atoms with Gasteiger partial charge in [0.15, 0.2) is 25.3 Å². The number of rotatable bonds is 7. The molecule has 3 heterocycles. The summed E-state index contributed by atoms with van der Waals surface area (Å²) in [6.45, 7) is 15.0. The third kappa shape index (κ3) is 5.50. The number of anilines is 1. The van der Waals surface area contributed by atoms with Gasteiger partial charge in [-0.05, 0) is 42.4 Å². The first-order chi connectivity index (χ1) is 19.5. The second-order valence-corrected chi connectivity index (χ2v) is 16.4. The summed E-state index contributed by atoms with van der Waals surface area (Å²) in [4.78, 5) is 42.0. The van der Waals surface area contributed by atoms with Crippen LogP contribution in [0.5, 0.6) is 0 Å². The van der Waals surface area contributed by atoms with Crippen molar-refractivity contribution < 1.29 is 18.8 Å². The fourth-order valence-electron chi connectivity index (χ4n) is 4.63. The van der Waals surface area contributed by atoms with Gasteiger partial charge >= 0.3 is 0 Å². The average molecular weight is 570 g/mol. The number of amides is 2. The van der Waals surface area contributed by atoms with Gasteiger partial charge in [-0.25, -0.2) is 19.9 Å². The number of carbonyl (C=O) groups excluding carboxylic acids is 2. The quantitative estimate of drug-likeness (QED) is 0.149. The molecule has 2 aromatic carbocycles. The Hall–Kier alpha value is -3.99. The molecule has 2 amide bonds. The number of nitrogens with zero attached hydrogens (tertiary/aromatic N) is 5. The monoisotopic (exact) mass is 569 g/mol. The van der Waals surface area contributed by atoms with Crippen LogP contribution in [0.15, 0.2) is 86.0 Å². The zero-order chi connectivity index (χ0) is 29.4. The van der Waals surface area contributed by atoms with Crippen molar-refractivity contribution in [3.63, 3.8) is 0 Å². The molecule has 10 heteroatoms. The summed E-state index contributed by atoms with van der Waals surface area (Å²) in [5, 5.41) is 0.0423. The van der Waals surface area contributed by atoms with Crippen LogP contribution in [0.3, 0.4) is 0 Å². The Morgan fingerprint density at radius 2 is 1.59 bits per heavy atom. The van der Waals surface area contributed by atoms with Gasteiger partial charge in [-0.2, -0.15) is 0 Å². The molecule has 4 aromatic rings. The molecule has 0 aliphatic carbocycles. The predicted octanol–water partition coefficient (Wildman–Crippen LogP) is 6.18. The molecule has 1 aliphatic heterocycles. The van der Waals surface area contributed by atoms with Crippen LogP contribution in [0, 0.1) is 0 Å². The largest absolute Gasteiger partial charge is 0.411 e. The third-order valence-corrected chi connectivity index (χ3v) is 12.4. The van der Waals surface area contributed by atoms with Crippen molar-refractivity contribution in [1.29, 1.82) is 0 Å².